The number of rotatable bonds is 3. The second-order valence-corrected chi connectivity index (χ2v) is 5.18. The van der Waals surface area contributed by atoms with E-state index in [4.69, 9.17) is 4.74 Å². The number of hydrogen-bond donors (Lipinski definition) is 1. The van der Waals surface area contributed by atoms with Gasteiger partial charge >= 0.3 is 5.97 Å². The fraction of sp³-hybridized carbons (Fsp3) is 0.500. The number of aromatic hydroxyl groups is 1. The van der Waals surface area contributed by atoms with Crippen LogP contribution in [0.1, 0.15) is 39.7 Å². The number of benzene rings is 1. The van der Waals surface area contributed by atoms with Crippen molar-refractivity contribution in [3.8, 4) is 11.5 Å². The lowest BCUT2D eigenvalue weighted by Gasteiger charge is -2.16. The zero-order valence-corrected chi connectivity index (χ0v) is 10.9. The fourth-order valence-corrected chi connectivity index (χ4v) is 1.36. The molecule has 0 bridgehead atoms. The van der Waals surface area contributed by atoms with Crippen LogP contribution in [0.15, 0.2) is 18.2 Å². The van der Waals surface area contributed by atoms with Gasteiger partial charge in [-0.1, -0.05) is 13.3 Å². The first kappa shape index (κ1) is 13.6. The summed E-state index contributed by atoms with van der Waals surface area (Å²) in [7, 11) is 0. The molecule has 0 aliphatic carbocycles. The minimum absolute atomic E-state index is 0.252. The van der Waals surface area contributed by atoms with E-state index in [2.05, 4.69) is 0 Å². The predicted octanol–water partition coefficient (Wildman–Crippen LogP) is 3.30. The number of aryl methyl sites for hydroxylation is 1. The molecule has 0 radical (unpaired) electrons. The van der Waals surface area contributed by atoms with Gasteiger partial charge in [-0.3, -0.25) is 4.79 Å². The third-order valence-corrected chi connectivity index (χ3v) is 2.39. The highest BCUT2D eigenvalue weighted by Crippen LogP contribution is 2.26. The zero-order chi connectivity index (χ0) is 13.1. The lowest BCUT2D eigenvalue weighted by Crippen LogP contribution is -2.25. The van der Waals surface area contributed by atoms with E-state index < -0.39 is 5.41 Å². The van der Waals surface area contributed by atoms with Crippen molar-refractivity contribution in [2.75, 3.05) is 0 Å². The molecule has 17 heavy (non-hydrogen) atoms. The maximum absolute atomic E-state index is 11.7. The topological polar surface area (TPSA) is 46.5 Å². The molecule has 0 fully saturated rings. The number of carbonyl (C=O) groups is 1. The normalized spacial score (nSPS) is 11.3. The Morgan fingerprint density at radius 2 is 2.00 bits per heavy atom. The molecule has 0 aliphatic heterocycles. The Hall–Kier alpha value is -1.51. The molecule has 3 nitrogen and oxygen atoms in total. The van der Waals surface area contributed by atoms with E-state index in [0.717, 1.165) is 18.4 Å². The summed E-state index contributed by atoms with van der Waals surface area (Å²) < 4.78 is 5.27. The molecule has 3 heteroatoms. The third-order valence-electron chi connectivity index (χ3n) is 2.39. The average molecular weight is 236 g/mol. The second kappa shape index (κ2) is 5.21. The van der Waals surface area contributed by atoms with Crippen LogP contribution in [-0.4, -0.2) is 11.1 Å². The molecule has 1 aromatic rings. The Morgan fingerprint density at radius 3 is 2.53 bits per heavy atom. The molecule has 1 N–H and O–H groups in total. The van der Waals surface area contributed by atoms with Crippen LogP contribution in [0.3, 0.4) is 0 Å². The highest BCUT2D eigenvalue weighted by atomic mass is 16.5. The van der Waals surface area contributed by atoms with Gasteiger partial charge in [-0.05, 0) is 51.0 Å². The summed E-state index contributed by atoms with van der Waals surface area (Å²) in [5.41, 5.74) is 0.287. The molecule has 1 aromatic carbocycles. The minimum Gasteiger partial charge on any atom is -0.508 e. The van der Waals surface area contributed by atoms with Crippen LogP contribution >= 0.6 is 0 Å². The molecule has 1 rings (SSSR count). The maximum Gasteiger partial charge on any atom is 0.316 e. The Kier molecular flexibility index (Phi) is 4.16. The SMILES string of the molecule is CCCc1cc(OC(=O)C(C)(C)C)ccc1O. The van der Waals surface area contributed by atoms with Gasteiger partial charge in [0.15, 0.2) is 0 Å². The van der Waals surface area contributed by atoms with E-state index in [1.165, 1.54) is 0 Å². The first-order valence-corrected chi connectivity index (χ1v) is 5.88. The van der Waals surface area contributed by atoms with Crippen molar-refractivity contribution in [1.29, 1.82) is 0 Å². The number of ether oxygens (including phenoxy) is 1. The Bertz CT molecular complexity index is 402. The Balaban J connectivity index is 2.86. The predicted molar refractivity (Wildman–Crippen MR) is 67.2 cm³/mol. The van der Waals surface area contributed by atoms with Crippen molar-refractivity contribution in [2.45, 2.75) is 40.5 Å². The van der Waals surface area contributed by atoms with Crippen molar-refractivity contribution >= 4 is 5.97 Å². The van der Waals surface area contributed by atoms with Crippen LogP contribution in [0.4, 0.5) is 0 Å². The number of carbonyl (C=O) groups excluding carboxylic acids is 1. The van der Waals surface area contributed by atoms with Crippen LogP contribution in [0.5, 0.6) is 11.5 Å². The molecule has 0 amide bonds. The highest BCUT2D eigenvalue weighted by molar-refractivity contribution is 5.77. The van der Waals surface area contributed by atoms with Gasteiger partial charge < -0.3 is 9.84 Å². The van der Waals surface area contributed by atoms with Gasteiger partial charge in [0.1, 0.15) is 11.5 Å². The average Bonchev–Trinajstić information content (AvgIpc) is 2.22. The minimum atomic E-state index is -0.525. The lowest BCUT2D eigenvalue weighted by atomic mass is 9.97. The van der Waals surface area contributed by atoms with Crippen molar-refractivity contribution in [3.63, 3.8) is 0 Å². The fourth-order valence-electron chi connectivity index (χ4n) is 1.36. The van der Waals surface area contributed by atoms with E-state index in [1.807, 2.05) is 27.7 Å². The molecule has 0 unspecified atom stereocenters. The van der Waals surface area contributed by atoms with Gasteiger partial charge in [0, 0.05) is 0 Å². The largest absolute Gasteiger partial charge is 0.508 e. The Morgan fingerprint density at radius 1 is 1.35 bits per heavy atom. The van der Waals surface area contributed by atoms with E-state index in [-0.39, 0.29) is 11.7 Å². The number of esters is 1. The summed E-state index contributed by atoms with van der Waals surface area (Å²) in [6.45, 7) is 7.46. The summed E-state index contributed by atoms with van der Waals surface area (Å²) >= 11 is 0. The van der Waals surface area contributed by atoms with E-state index in [0.29, 0.717) is 5.75 Å². The van der Waals surface area contributed by atoms with Crippen LogP contribution in [-0.2, 0) is 11.2 Å². The monoisotopic (exact) mass is 236 g/mol. The smallest absolute Gasteiger partial charge is 0.316 e. The third kappa shape index (κ3) is 3.77. The van der Waals surface area contributed by atoms with Gasteiger partial charge in [0.2, 0.25) is 0 Å². The standard InChI is InChI=1S/C14H20O3/c1-5-6-10-9-11(7-8-12(10)15)17-13(16)14(2,3)4/h7-9,15H,5-6H2,1-4H3. The van der Waals surface area contributed by atoms with Crippen LogP contribution in [0.25, 0.3) is 0 Å². The van der Waals surface area contributed by atoms with Crippen LogP contribution in [0.2, 0.25) is 0 Å². The highest BCUT2D eigenvalue weighted by Gasteiger charge is 2.23. The first-order chi connectivity index (χ1) is 7.84. The lowest BCUT2D eigenvalue weighted by molar-refractivity contribution is -0.143. The maximum atomic E-state index is 11.7. The van der Waals surface area contributed by atoms with E-state index >= 15 is 0 Å². The molecule has 0 heterocycles. The number of phenols is 1. The van der Waals surface area contributed by atoms with Crippen LogP contribution in [0, 0.1) is 5.41 Å². The van der Waals surface area contributed by atoms with Crippen LogP contribution < -0.4 is 4.74 Å². The quantitative estimate of drug-likeness (QED) is 0.647. The summed E-state index contributed by atoms with van der Waals surface area (Å²) in [5, 5.41) is 9.62. The van der Waals surface area contributed by atoms with Gasteiger partial charge in [0.25, 0.3) is 0 Å². The van der Waals surface area contributed by atoms with Gasteiger partial charge in [0.05, 0.1) is 5.41 Å². The summed E-state index contributed by atoms with van der Waals surface area (Å²) in [6.07, 6.45) is 1.71. The van der Waals surface area contributed by atoms with Gasteiger partial charge in [-0.15, -0.1) is 0 Å². The molecule has 0 aromatic heterocycles. The molecule has 0 aliphatic rings. The van der Waals surface area contributed by atoms with Crippen molar-refractivity contribution in [3.05, 3.63) is 23.8 Å². The number of phenolic OH excluding ortho intramolecular Hbond substituents is 1. The van der Waals surface area contributed by atoms with E-state index in [9.17, 15) is 9.90 Å². The zero-order valence-electron chi connectivity index (χ0n) is 10.9. The molecule has 0 spiro atoms. The van der Waals surface area contributed by atoms with Gasteiger partial charge in [-0.2, -0.15) is 0 Å². The molecule has 94 valence electrons. The molecule has 0 saturated heterocycles. The molecular formula is C14H20O3. The van der Waals surface area contributed by atoms with Crippen molar-refractivity contribution < 1.29 is 14.6 Å². The summed E-state index contributed by atoms with van der Waals surface area (Å²) in [5.74, 6) is 0.472. The molecule has 0 atom stereocenters. The molecular weight excluding hydrogens is 216 g/mol. The Labute approximate surface area is 102 Å². The van der Waals surface area contributed by atoms with Crippen molar-refractivity contribution in [1.82, 2.24) is 0 Å². The van der Waals surface area contributed by atoms with Gasteiger partial charge in [-0.25, -0.2) is 0 Å². The second-order valence-electron chi connectivity index (χ2n) is 5.18. The molecule has 0 saturated carbocycles. The van der Waals surface area contributed by atoms with E-state index in [1.54, 1.807) is 18.2 Å². The van der Waals surface area contributed by atoms with Crippen molar-refractivity contribution in [2.24, 2.45) is 5.41 Å². The first-order valence-electron chi connectivity index (χ1n) is 5.88. The summed E-state index contributed by atoms with van der Waals surface area (Å²) in [6, 6.07) is 4.90. The number of hydrogen-bond acceptors (Lipinski definition) is 3. The summed E-state index contributed by atoms with van der Waals surface area (Å²) in [4.78, 5) is 11.7.